The fraction of sp³-hybridized carbons (Fsp3) is 0.271. The Kier molecular flexibility index (Phi) is 17.9. The molecule has 22 nitrogen and oxygen atoms in total. The molecule has 2 aliphatic heterocycles. The predicted octanol–water partition coefficient (Wildman–Crippen LogP) is 8.09. The number of ether oxygens (including phenoxy) is 6. The number of nitrogens with one attached hydrogen (secondary N) is 2. The van der Waals surface area contributed by atoms with Gasteiger partial charge in [-0.1, -0.05) is 91.0 Å². The summed E-state index contributed by atoms with van der Waals surface area (Å²) in [4.78, 5) is 94.1. The largest absolute Gasteiger partial charge is 0.497 e. The maximum atomic E-state index is 13.8. The van der Waals surface area contributed by atoms with Crippen LogP contribution in [0.1, 0.15) is 82.5 Å². The maximum Gasteiger partial charge on any atom is 0.351 e. The smallest absolute Gasteiger partial charge is 0.351 e. The number of amides is 2. The number of fused-ring (bicyclic) bond motifs is 1. The molecule has 1 unspecified atom stereocenters. The van der Waals surface area contributed by atoms with Crippen molar-refractivity contribution in [1.82, 2.24) is 29.1 Å². The molecule has 0 spiro atoms. The molecule has 0 radical (unpaired) electrons. The average Bonchev–Trinajstić information content (AvgIpc) is 4.33. The van der Waals surface area contributed by atoms with Gasteiger partial charge in [-0.25, -0.2) is 19.7 Å². The Bertz CT molecular complexity index is 3510. The third kappa shape index (κ3) is 12.9. The molecule has 0 saturated carbocycles. The Balaban J connectivity index is 0.917. The van der Waals surface area contributed by atoms with E-state index in [0.717, 1.165) is 16.7 Å². The Morgan fingerprint density at radius 1 is 0.671 bits per heavy atom. The van der Waals surface area contributed by atoms with Gasteiger partial charge >= 0.3 is 20.3 Å². The second-order valence-electron chi connectivity index (χ2n) is 19.1. The van der Waals surface area contributed by atoms with Gasteiger partial charge in [0.2, 0.25) is 0 Å². The van der Waals surface area contributed by atoms with Gasteiger partial charge in [-0.05, 0) is 78.2 Å². The van der Waals surface area contributed by atoms with Crippen LogP contribution in [0, 0.1) is 0 Å². The molecule has 3 N–H and O–H groups in total. The van der Waals surface area contributed by atoms with Crippen molar-refractivity contribution in [3.8, 4) is 11.5 Å². The first-order valence-corrected chi connectivity index (χ1v) is 27.3. The highest BCUT2D eigenvalue weighted by Crippen LogP contribution is 2.46. The number of Topliss-reactive ketones (excluding diaryl/α,β-unsaturated/α-hetero) is 1. The van der Waals surface area contributed by atoms with Crippen molar-refractivity contribution in [3.05, 3.63) is 203 Å². The summed E-state index contributed by atoms with van der Waals surface area (Å²) in [5.74, 6) is -0.284. The first-order valence-electron chi connectivity index (χ1n) is 26.2. The molecule has 5 aromatic carbocycles. The van der Waals surface area contributed by atoms with Crippen LogP contribution in [0.5, 0.6) is 11.5 Å². The van der Waals surface area contributed by atoms with Crippen LogP contribution in [0.2, 0.25) is 0 Å². The van der Waals surface area contributed by atoms with E-state index in [4.69, 9.17) is 37.5 Å². The number of benzene rings is 5. The van der Waals surface area contributed by atoms with Gasteiger partial charge in [0.05, 0.1) is 46.3 Å². The van der Waals surface area contributed by atoms with Crippen LogP contribution in [-0.4, -0.2) is 109 Å². The lowest BCUT2D eigenvalue weighted by Gasteiger charge is -2.37. The molecule has 23 heteroatoms. The normalized spacial score (nSPS) is 19.1. The lowest BCUT2D eigenvalue weighted by atomic mass is 9.80. The van der Waals surface area contributed by atoms with E-state index < -0.39 is 74.5 Å². The third-order valence-corrected chi connectivity index (χ3v) is 14.7. The summed E-state index contributed by atoms with van der Waals surface area (Å²) >= 11 is 0. The molecule has 7 atom stereocenters. The van der Waals surface area contributed by atoms with Crippen molar-refractivity contribution in [2.75, 3.05) is 38.1 Å². The van der Waals surface area contributed by atoms with E-state index >= 15 is 0 Å². The molecule has 10 rings (SSSR count). The number of esters is 1. The van der Waals surface area contributed by atoms with Gasteiger partial charge in [0.25, 0.3) is 11.8 Å². The summed E-state index contributed by atoms with van der Waals surface area (Å²) in [5, 5.41) is 5.45. The van der Waals surface area contributed by atoms with Crippen LogP contribution in [-0.2, 0) is 43.2 Å². The highest BCUT2D eigenvalue weighted by atomic mass is 31.2. The van der Waals surface area contributed by atoms with Gasteiger partial charge in [0.1, 0.15) is 65.8 Å². The minimum atomic E-state index is -2.78. The molecule has 2 aliphatic rings. The molecule has 3 aromatic heterocycles. The Morgan fingerprint density at radius 2 is 1.23 bits per heavy atom. The van der Waals surface area contributed by atoms with Gasteiger partial charge in [-0.2, -0.15) is 4.98 Å². The Labute approximate surface area is 471 Å². The molecule has 2 amide bonds. The van der Waals surface area contributed by atoms with Gasteiger partial charge in [0.15, 0.2) is 17.0 Å². The van der Waals surface area contributed by atoms with Crippen molar-refractivity contribution in [2.45, 2.75) is 75.1 Å². The monoisotopic (exact) mass is 1130 g/mol. The molecular weight excluding hydrogens is 1080 g/mol. The molecule has 2 saturated heterocycles. The van der Waals surface area contributed by atoms with Gasteiger partial charge < -0.3 is 57.8 Å². The van der Waals surface area contributed by atoms with Gasteiger partial charge in [0, 0.05) is 36.6 Å². The second kappa shape index (κ2) is 25.9. The van der Waals surface area contributed by atoms with Crippen molar-refractivity contribution < 1.29 is 61.5 Å². The maximum absolute atomic E-state index is 13.8. The minimum absolute atomic E-state index is 0.0146. The molecule has 2 fully saturated rings. The van der Waals surface area contributed by atoms with E-state index in [1.807, 2.05) is 78.9 Å². The van der Waals surface area contributed by atoms with Crippen molar-refractivity contribution in [1.29, 1.82) is 0 Å². The fourth-order valence-corrected chi connectivity index (χ4v) is 10.5. The van der Waals surface area contributed by atoms with Crippen molar-refractivity contribution in [3.63, 3.8) is 0 Å². The van der Waals surface area contributed by atoms with E-state index in [1.54, 1.807) is 79.5 Å². The SMILES string of the molecule is COc1ccc(C(OC[C@H]2O[C@@H](n3ccc(NC(=O)c4ccccc4)nc3=O)C[C@@H]2OP(O)OC[C@H]2O[C@@H](n3cnc4c(NC(=O)c5ccccc5)ncnc43)C[C@@H]2OC(=O)CCC(C)=O)(c2ccccc2)c2ccc(OC)cc2)cc1. The zero-order valence-electron chi connectivity index (χ0n) is 44.7. The number of hydrogen-bond acceptors (Lipinski definition) is 18. The molecule has 0 aliphatic carbocycles. The molecule has 422 valence electrons. The van der Waals surface area contributed by atoms with Crippen LogP contribution in [0.15, 0.2) is 169 Å². The second-order valence-corrected chi connectivity index (χ2v) is 20.1. The number of imidazole rings is 1. The molecule has 8 aromatic rings. The summed E-state index contributed by atoms with van der Waals surface area (Å²) in [7, 11) is 0.379. The topological polar surface area (TPSA) is 265 Å². The van der Waals surface area contributed by atoms with Crippen LogP contribution < -0.4 is 25.8 Å². The summed E-state index contributed by atoms with van der Waals surface area (Å²) in [6.07, 6.45) is -1.78. The van der Waals surface area contributed by atoms with E-state index in [2.05, 4.69) is 30.6 Å². The van der Waals surface area contributed by atoms with E-state index in [9.17, 15) is 28.9 Å². The van der Waals surface area contributed by atoms with Crippen LogP contribution in [0.3, 0.4) is 0 Å². The summed E-state index contributed by atoms with van der Waals surface area (Å²) in [5.41, 5.74) is 1.54. The minimum Gasteiger partial charge on any atom is -0.497 e. The highest BCUT2D eigenvalue weighted by molar-refractivity contribution is 7.40. The summed E-state index contributed by atoms with van der Waals surface area (Å²) < 4.78 is 52.6. The first kappa shape index (κ1) is 56.7. The zero-order valence-corrected chi connectivity index (χ0v) is 45.6. The first-order chi connectivity index (χ1) is 39.9. The van der Waals surface area contributed by atoms with E-state index in [-0.39, 0.29) is 61.8 Å². The van der Waals surface area contributed by atoms with Crippen LogP contribution in [0.4, 0.5) is 11.6 Å². The Morgan fingerprint density at radius 3 is 1.83 bits per heavy atom. The number of carbonyl (C=O) groups excluding carboxylic acids is 4. The number of nitrogens with zero attached hydrogens (tertiary/aromatic N) is 6. The van der Waals surface area contributed by atoms with E-state index in [1.165, 1.54) is 36.4 Å². The van der Waals surface area contributed by atoms with Crippen LogP contribution in [0.25, 0.3) is 11.2 Å². The van der Waals surface area contributed by atoms with E-state index in [0.29, 0.717) is 28.3 Å². The standard InChI is InChI=1S/C59H57N8O14P/c1-37(68)19-28-52(69)80-45-31-51(67-36-62-53-54(60-35-61-55(53)67)65-57(71)39-15-9-5-10-16-39)79-48(45)34-77-82(73)81-46-32-50(66-30-29-49(64-58(66)72)63-56(70)38-13-7-4-8-14-38)78-47(46)33-76-59(40-17-11-6-12-18-40,41-20-24-43(74-2)25-21-41)42-22-26-44(75-3)27-23-42/h4-18,20-27,29-30,35-36,45-48,50-51,73H,19,28,31-34H2,1-3H3,(H,60,61,65,71)(H,63,64,70,72)/t45-,46-,47+,48+,50+,51+,82?/m0/s1. The summed E-state index contributed by atoms with van der Waals surface area (Å²) in [6, 6.07) is 43.1. The third-order valence-electron chi connectivity index (χ3n) is 13.9. The van der Waals surface area contributed by atoms with Crippen molar-refractivity contribution >= 4 is 55.0 Å². The lowest BCUT2D eigenvalue weighted by Crippen LogP contribution is -2.38. The number of anilines is 2. The van der Waals surface area contributed by atoms with Crippen LogP contribution >= 0.6 is 8.60 Å². The quantitative estimate of drug-likeness (QED) is 0.0310. The number of methoxy groups -OCH3 is 2. The number of ketones is 1. The Hall–Kier alpha value is -8.60. The molecule has 5 heterocycles. The molecular formula is C59H57N8O14P. The van der Waals surface area contributed by atoms with Gasteiger partial charge in [-0.15, -0.1) is 0 Å². The number of rotatable bonds is 23. The predicted molar refractivity (Wildman–Crippen MR) is 298 cm³/mol. The average molecular weight is 1130 g/mol. The lowest BCUT2D eigenvalue weighted by molar-refractivity contribution is -0.153. The molecule has 82 heavy (non-hydrogen) atoms. The van der Waals surface area contributed by atoms with Gasteiger partial charge in [-0.3, -0.25) is 23.5 Å². The number of hydrogen-bond donors (Lipinski definition) is 3. The number of aromatic nitrogens is 6. The summed E-state index contributed by atoms with van der Waals surface area (Å²) in [6.45, 7) is 0.837. The fourth-order valence-electron chi connectivity index (χ4n) is 9.75. The molecule has 0 bridgehead atoms. The highest BCUT2D eigenvalue weighted by Gasteiger charge is 2.45. The zero-order chi connectivity index (χ0) is 57.2. The number of carbonyl (C=O) groups is 4. The van der Waals surface area contributed by atoms with Crippen molar-refractivity contribution in [2.24, 2.45) is 0 Å².